The van der Waals surface area contributed by atoms with Crippen molar-refractivity contribution in [2.75, 3.05) is 6.54 Å². The second kappa shape index (κ2) is 6.53. The Labute approximate surface area is 131 Å². The third kappa shape index (κ3) is 3.40. The van der Waals surface area contributed by atoms with Crippen molar-refractivity contribution in [3.05, 3.63) is 62.8 Å². The first-order valence-electron chi connectivity index (χ1n) is 6.99. The van der Waals surface area contributed by atoms with Crippen molar-refractivity contribution in [3.8, 4) is 0 Å². The van der Waals surface area contributed by atoms with E-state index in [4.69, 9.17) is 0 Å². The van der Waals surface area contributed by atoms with Gasteiger partial charge in [0.1, 0.15) is 5.82 Å². The minimum atomic E-state index is -0.148. The number of hydrogen-bond acceptors (Lipinski definition) is 4. The fourth-order valence-electron chi connectivity index (χ4n) is 2.21. The Morgan fingerprint density at radius 2 is 2.09 bits per heavy atom. The van der Waals surface area contributed by atoms with Crippen molar-refractivity contribution >= 4 is 28.1 Å². The highest BCUT2D eigenvalue weighted by atomic mass is 32.1. The molecule has 3 rings (SSSR count). The molecule has 5 nitrogen and oxygen atoms in total. The summed E-state index contributed by atoms with van der Waals surface area (Å²) in [7, 11) is 0. The Hall–Kier alpha value is -2.47. The van der Waals surface area contributed by atoms with Gasteiger partial charge in [-0.05, 0) is 23.6 Å². The molecule has 2 aromatic heterocycles. The number of para-hydroxylation sites is 1. The lowest BCUT2D eigenvalue weighted by Crippen LogP contribution is -2.28. The molecule has 6 heteroatoms. The van der Waals surface area contributed by atoms with Gasteiger partial charge in [-0.3, -0.25) is 9.59 Å². The zero-order chi connectivity index (χ0) is 15.4. The fourth-order valence-corrected chi connectivity index (χ4v) is 2.91. The van der Waals surface area contributed by atoms with Gasteiger partial charge in [0.2, 0.25) is 5.91 Å². The van der Waals surface area contributed by atoms with Gasteiger partial charge in [0, 0.05) is 17.8 Å². The lowest BCUT2D eigenvalue weighted by molar-refractivity contribution is -0.120. The molecule has 0 unspecified atom stereocenters. The lowest BCUT2D eigenvalue weighted by Gasteiger charge is -2.05. The predicted molar refractivity (Wildman–Crippen MR) is 87.1 cm³/mol. The zero-order valence-corrected chi connectivity index (χ0v) is 12.7. The van der Waals surface area contributed by atoms with E-state index in [1.807, 2.05) is 35.7 Å². The number of benzene rings is 1. The molecule has 0 bridgehead atoms. The van der Waals surface area contributed by atoms with Crippen LogP contribution < -0.4 is 10.9 Å². The van der Waals surface area contributed by atoms with Crippen LogP contribution in [0.25, 0.3) is 10.9 Å². The minimum Gasteiger partial charge on any atom is -0.355 e. The highest BCUT2D eigenvalue weighted by Crippen LogP contribution is 2.09. The first-order chi connectivity index (χ1) is 10.7. The van der Waals surface area contributed by atoms with Crippen molar-refractivity contribution in [2.24, 2.45) is 0 Å². The molecular formula is C16H15N3O2S. The van der Waals surface area contributed by atoms with Crippen LogP contribution in [0.2, 0.25) is 0 Å². The van der Waals surface area contributed by atoms with E-state index in [-0.39, 0.29) is 11.5 Å². The number of thiophene rings is 1. The van der Waals surface area contributed by atoms with Crippen molar-refractivity contribution < 1.29 is 4.79 Å². The molecule has 2 N–H and O–H groups in total. The normalized spacial score (nSPS) is 10.7. The number of rotatable bonds is 5. The van der Waals surface area contributed by atoms with Crippen LogP contribution in [-0.2, 0) is 17.6 Å². The van der Waals surface area contributed by atoms with Crippen LogP contribution in [0.15, 0.2) is 46.6 Å². The standard InChI is InChI=1S/C16H15N3O2S/c20-15(10-11-4-3-9-22-11)17-8-7-14-18-13-6-2-1-5-12(13)16(21)19-14/h1-6,9H,7-8,10H2,(H,17,20)(H,18,19,21). The maximum atomic E-state index is 11.9. The molecule has 0 aliphatic heterocycles. The lowest BCUT2D eigenvalue weighted by atomic mass is 10.2. The van der Waals surface area contributed by atoms with Crippen LogP contribution in [0.3, 0.4) is 0 Å². The van der Waals surface area contributed by atoms with E-state index in [0.29, 0.717) is 36.1 Å². The van der Waals surface area contributed by atoms with Gasteiger partial charge < -0.3 is 10.3 Å². The minimum absolute atomic E-state index is 0.0226. The zero-order valence-electron chi connectivity index (χ0n) is 11.8. The van der Waals surface area contributed by atoms with Crippen molar-refractivity contribution in [1.82, 2.24) is 15.3 Å². The summed E-state index contributed by atoms with van der Waals surface area (Å²) in [6, 6.07) is 11.1. The summed E-state index contributed by atoms with van der Waals surface area (Å²) in [5.41, 5.74) is 0.525. The number of amides is 1. The van der Waals surface area contributed by atoms with E-state index in [9.17, 15) is 9.59 Å². The molecule has 22 heavy (non-hydrogen) atoms. The van der Waals surface area contributed by atoms with E-state index in [1.54, 1.807) is 17.4 Å². The summed E-state index contributed by atoms with van der Waals surface area (Å²) in [4.78, 5) is 31.9. The van der Waals surface area contributed by atoms with Gasteiger partial charge in [-0.2, -0.15) is 0 Å². The van der Waals surface area contributed by atoms with E-state index in [2.05, 4.69) is 15.3 Å². The first kappa shape index (κ1) is 14.5. The molecule has 112 valence electrons. The quantitative estimate of drug-likeness (QED) is 0.755. The molecule has 0 aliphatic carbocycles. The van der Waals surface area contributed by atoms with Gasteiger partial charge in [0.15, 0.2) is 0 Å². The third-order valence-electron chi connectivity index (χ3n) is 3.26. The smallest absolute Gasteiger partial charge is 0.258 e. The predicted octanol–water partition coefficient (Wildman–Crippen LogP) is 1.89. The maximum absolute atomic E-state index is 11.9. The molecule has 0 saturated heterocycles. The Balaban J connectivity index is 1.60. The molecule has 0 fully saturated rings. The molecule has 2 heterocycles. The number of aromatic nitrogens is 2. The fraction of sp³-hybridized carbons (Fsp3) is 0.188. The van der Waals surface area contributed by atoms with E-state index in [0.717, 1.165) is 4.88 Å². The number of fused-ring (bicyclic) bond motifs is 1. The Morgan fingerprint density at radius 3 is 2.91 bits per heavy atom. The second-order valence-electron chi connectivity index (χ2n) is 4.89. The number of nitrogens with zero attached hydrogens (tertiary/aromatic N) is 1. The summed E-state index contributed by atoms with van der Waals surface area (Å²) in [5, 5.41) is 5.37. The van der Waals surface area contributed by atoms with Gasteiger partial charge >= 0.3 is 0 Å². The number of carbonyl (C=O) groups excluding carboxylic acids is 1. The topological polar surface area (TPSA) is 74.8 Å². The molecule has 0 saturated carbocycles. The summed E-state index contributed by atoms with van der Waals surface area (Å²) in [6.45, 7) is 0.450. The van der Waals surface area contributed by atoms with Gasteiger partial charge in [0.25, 0.3) is 5.56 Å². The van der Waals surface area contributed by atoms with E-state index < -0.39 is 0 Å². The number of carbonyl (C=O) groups is 1. The van der Waals surface area contributed by atoms with Crippen LogP contribution in [-0.4, -0.2) is 22.4 Å². The molecule has 0 aliphatic rings. The average Bonchev–Trinajstić information content (AvgIpc) is 3.00. The molecule has 3 aromatic rings. The van der Waals surface area contributed by atoms with Crippen molar-refractivity contribution in [3.63, 3.8) is 0 Å². The largest absolute Gasteiger partial charge is 0.355 e. The van der Waals surface area contributed by atoms with Crippen LogP contribution in [0.5, 0.6) is 0 Å². The number of hydrogen-bond donors (Lipinski definition) is 2. The number of H-pyrrole nitrogens is 1. The van der Waals surface area contributed by atoms with Crippen LogP contribution in [0.4, 0.5) is 0 Å². The molecule has 0 spiro atoms. The number of aromatic amines is 1. The first-order valence-corrected chi connectivity index (χ1v) is 7.87. The van der Waals surface area contributed by atoms with Gasteiger partial charge in [-0.1, -0.05) is 18.2 Å². The van der Waals surface area contributed by atoms with Gasteiger partial charge in [-0.25, -0.2) is 4.98 Å². The molecule has 1 amide bonds. The summed E-state index contributed by atoms with van der Waals surface area (Å²) in [6.07, 6.45) is 0.885. The summed E-state index contributed by atoms with van der Waals surface area (Å²) >= 11 is 1.56. The highest BCUT2D eigenvalue weighted by molar-refractivity contribution is 7.10. The Bertz CT molecular complexity index is 840. The molecule has 1 aromatic carbocycles. The van der Waals surface area contributed by atoms with Crippen molar-refractivity contribution in [1.29, 1.82) is 0 Å². The number of nitrogens with one attached hydrogen (secondary N) is 2. The average molecular weight is 313 g/mol. The molecule has 0 radical (unpaired) electrons. The SMILES string of the molecule is O=C(Cc1cccs1)NCCc1nc2ccccc2c(=O)[nH]1. The third-order valence-corrected chi connectivity index (χ3v) is 4.14. The van der Waals surface area contributed by atoms with Crippen LogP contribution in [0, 0.1) is 0 Å². The van der Waals surface area contributed by atoms with Gasteiger partial charge in [-0.15, -0.1) is 11.3 Å². The molecule has 0 atom stereocenters. The van der Waals surface area contributed by atoms with Crippen molar-refractivity contribution in [2.45, 2.75) is 12.8 Å². The van der Waals surface area contributed by atoms with E-state index in [1.165, 1.54) is 0 Å². The highest BCUT2D eigenvalue weighted by Gasteiger charge is 2.06. The monoisotopic (exact) mass is 313 g/mol. The molecular weight excluding hydrogens is 298 g/mol. The Kier molecular flexibility index (Phi) is 4.29. The van der Waals surface area contributed by atoms with Crippen LogP contribution in [0.1, 0.15) is 10.7 Å². The maximum Gasteiger partial charge on any atom is 0.258 e. The summed E-state index contributed by atoms with van der Waals surface area (Å²) < 4.78 is 0. The van der Waals surface area contributed by atoms with E-state index >= 15 is 0 Å². The summed E-state index contributed by atoms with van der Waals surface area (Å²) in [5.74, 6) is 0.561. The Morgan fingerprint density at radius 1 is 1.23 bits per heavy atom. The van der Waals surface area contributed by atoms with Gasteiger partial charge in [0.05, 0.1) is 17.3 Å². The second-order valence-corrected chi connectivity index (χ2v) is 5.92. The van der Waals surface area contributed by atoms with Crippen LogP contribution >= 0.6 is 11.3 Å².